The highest BCUT2D eigenvalue weighted by Gasteiger charge is 2.24. The summed E-state index contributed by atoms with van der Waals surface area (Å²) in [5.41, 5.74) is -0.563. The van der Waals surface area contributed by atoms with Crippen LogP contribution >= 0.6 is 0 Å². The van der Waals surface area contributed by atoms with Gasteiger partial charge < -0.3 is 15.4 Å². The zero-order chi connectivity index (χ0) is 15.1. The summed E-state index contributed by atoms with van der Waals surface area (Å²) in [6.45, 7) is 12.0. The summed E-state index contributed by atoms with van der Waals surface area (Å²) in [7, 11) is 0. The Morgan fingerprint density at radius 3 is 2.21 bits per heavy atom. The maximum Gasteiger partial charge on any atom is 0.408 e. The van der Waals surface area contributed by atoms with Gasteiger partial charge in [0, 0.05) is 6.54 Å². The van der Waals surface area contributed by atoms with Gasteiger partial charge in [-0.05, 0) is 39.5 Å². The van der Waals surface area contributed by atoms with E-state index in [4.69, 9.17) is 4.74 Å². The molecule has 0 radical (unpaired) electrons. The molecule has 0 saturated carbocycles. The molecule has 0 aromatic rings. The van der Waals surface area contributed by atoms with Gasteiger partial charge in [0.05, 0.1) is 0 Å². The molecule has 1 atom stereocenters. The van der Waals surface area contributed by atoms with E-state index in [9.17, 15) is 9.59 Å². The van der Waals surface area contributed by atoms with Gasteiger partial charge in [0.1, 0.15) is 11.6 Å². The summed E-state index contributed by atoms with van der Waals surface area (Å²) in [5.74, 6) is 0.161. The van der Waals surface area contributed by atoms with E-state index in [2.05, 4.69) is 10.6 Å². The number of carbonyl (C=O) groups is 2. The van der Waals surface area contributed by atoms with Crippen molar-refractivity contribution in [1.29, 1.82) is 0 Å². The fourth-order valence-electron chi connectivity index (χ4n) is 1.52. The highest BCUT2D eigenvalue weighted by Crippen LogP contribution is 2.09. The Morgan fingerprint density at radius 1 is 1.21 bits per heavy atom. The molecule has 5 heteroatoms. The van der Waals surface area contributed by atoms with Crippen molar-refractivity contribution >= 4 is 12.0 Å². The second-order valence-corrected chi connectivity index (χ2v) is 6.12. The summed E-state index contributed by atoms with van der Waals surface area (Å²) in [6.07, 6.45) is 0.909. The van der Waals surface area contributed by atoms with Crippen LogP contribution in [0, 0.1) is 5.92 Å². The Kier molecular flexibility index (Phi) is 7.49. The average Bonchev–Trinajstić information content (AvgIpc) is 2.21. The van der Waals surface area contributed by atoms with E-state index < -0.39 is 17.7 Å². The number of nitrogens with one attached hydrogen (secondary N) is 2. The third kappa shape index (κ3) is 9.33. The number of carbonyl (C=O) groups excluding carboxylic acids is 2. The smallest absolute Gasteiger partial charge is 0.408 e. The van der Waals surface area contributed by atoms with Crippen LogP contribution < -0.4 is 10.6 Å². The van der Waals surface area contributed by atoms with Crippen molar-refractivity contribution in [3.63, 3.8) is 0 Å². The Bertz CT molecular complexity index is 296. The fourth-order valence-corrected chi connectivity index (χ4v) is 1.52. The lowest BCUT2D eigenvalue weighted by atomic mass is 10.0. The molecule has 2 amide bonds. The lowest BCUT2D eigenvalue weighted by Gasteiger charge is -2.24. The quantitative estimate of drug-likeness (QED) is 0.780. The van der Waals surface area contributed by atoms with Gasteiger partial charge in [-0.15, -0.1) is 0 Å². The predicted octanol–water partition coefficient (Wildman–Crippen LogP) is 2.45. The molecule has 112 valence electrons. The van der Waals surface area contributed by atoms with E-state index in [1.165, 1.54) is 0 Å². The maximum atomic E-state index is 12.0. The van der Waals surface area contributed by atoms with Gasteiger partial charge in [-0.25, -0.2) is 4.79 Å². The first-order valence-corrected chi connectivity index (χ1v) is 6.93. The first kappa shape index (κ1) is 17.7. The molecule has 2 N–H and O–H groups in total. The average molecular weight is 272 g/mol. The van der Waals surface area contributed by atoms with Crippen molar-refractivity contribution in [3.05, 3.63) is 0 Å². The molecule has 0 bridgehead atoms. The molecule has 5 nitrogen and oxygen atoms in total. The van der Waals surface area contributed by atoms with Crippen molar-refractivity contribution in [3.8, 4) is 0 Å². The molecule has 0 heterocycles. The van der Waals surface area contributed by atoms with Crippen molar-refractivity contribution in [2.45, 2.75) is 66.0 Å². The van der Waals surface area contributed by atoms with Crippen molar-refractivity contribution in [2.75, 3.05) is 6.54 Å². The van der Waals surface area contributed by atoms with Crippen LogP contribution in [0.2, 0.25) is 0 Å². The van der Waals surface area contributed by atoms with E-state index in [0.29, 0.717) is 18.9 Å². The number of hydrogen-bond donors (Lipinski definition) is 2. The van der Waals surface area contributed by atoms with Crippen molar-refractivity contribution < 1.29 is 14.3 Å². The summed E-state index contributed by atoms with van der Waals surface area (Å²) in [4.78, 5) is 23.7. The standard InChI is InChI=1S/C14H28N2O3/c1-7-8-15-12(17)11(9-10(2)3)16-13(18)19-14(4,5)6/h10-11H,7-9H2,1-6H3,(H,15,17)(H,16,18). The topological polar surface area (TPSA) is 67.4 Å². The molecule has 0 aliphatic heterocycles. The third-order valence-electron chi connectivity index (χ3n) is 2.26. The molecule has 0 aliphatic carbocycles. The number of hydrogen-bond acceptors (Lipinski definition) is 3. The van der Waals surface area contributed by atoms with Gasteiger partial charge >= 0.3 is 6.09 Å². The second kappa shape index (κ2) is 8.02. The summed E-state index contributed by atoms with van der Waals surface area (Å²) in [6, 6.07) is -0.540. The van der Waals surface area contributed by atoms with Gasteiger partial charge in [-0.2, -0.15) is 0 Å². The molecule has 19 heavy (non-hydrogen) atoms. The lowest BCUT2D eigenvalue weighted by molar-refractivity contribution is -0.123. The van der Waals surface area contributed by atoms with Crippen LogP contribution in [-0.4, -0.2) is 30.2 Å². The molecule has 0 aliphatic rings. The molecule has 0 aromatic carbocycles. The van der Waals surface area contributed by atoms with Crippen LogP contribution in [0.3, 0.4) is 0 Å². The molecule has 0 saturated heterocycles. The van der Waals surface area contributed by atoms with Crippen LogP contribution in [0.25, 0.3) is 0 Å². The summed E-state index contributed by atoms with van der Waals surface area (Å²) < 4.78 is 5.17. The summed E-state index contributed by atoms with van der Waals surface area (Å²) >= 11 is 0. The molecule has 0 aromatic heterocycles. The van der Waals surface area contributed by atoms with E-state index >= 15 is 0 Å². The molecule has 0 spiro atoms. The molecule has 0 rings (SSSR count). The second-order valence-electron chi connectivity index (χ2n) is 6.12. The van der Waals surface area contributed by atoms with Gasteiger partial charge in [0.25, 0.3) is 0 Å². The fraction of sp³-hybridized carbons (Fsp3) is 0.857. The van der Waals surface area contributed by atoms with Crippen LogP contribution in [0.1, 0.15) is 54.4 Å². The van der Waals surface area contributed by atoms with Gasteiger partial charge in [0.2, 0.25) is 5.91 Å². The first-order chi connectivity index (χ1) is 8.65. The van der Waals surface area contributed by atoms with Gasteiger partial charge in [-0.3, -0.25) is 4.79 Å². The minimum absolute atomic E-state index is 0.151. The maximum absolute atomic E-state index is 12.0. The zero-order valence-electron chi connectivity index (χ0n) is 13.0. The zero-order valence-corrected chi connectivity index (χ0v) is 13.0. The monoisotopic (exact) mass is 272 g/mol. The van der Waals surface area contributed by atoms with Crippen LogP contribution in [0.4, 0.5) is 4.79 Å². The van der Waals surface area contributed by atoms with Gasteiger partial charge in [-0.1, -0.05) is 20.8 Å². The number of amides is 2. The van der Waals surface area contributed by atoms with E-state index in [0.717, 1.165) is 6.42 Å². The van der Waals surface area contributed by atoms with Crippen LogP contribution in [-0.2, 0) is 9.53 Å². The van der Waals surface area contributed by atoms with Crippen LogP contribution in [0.5, 0.6) is 0 Å². The minimum Gasteiger partial charge on any atom is -0.444 e. The number of ether oxygens (including phenoxy) is 1. The predicted molar refractivity (Wildman–Crippen MR) is 75.9 cm³/mol. The number of alkyl carbamates (subject to hydrolysis) is 1. The van der Waals surface area contributed by atoms with Gasteiger partial charge in [0.15, 0.2) is 0 Å². The Hall–Kier alpha value is -1.26. The Morgan fingerprint density at radius 2 is 1.79 bits per heavy atom. The first-order valence-electron chi connectivity index (χ1n) is 6.93. The van der Waals surface area contributed by atoms with Crippen LogP contribution in [0.15, 0.2) is 0 Å². The lowest BCUT2D eigenvalue weighted by Crippen LogP contribution is -2.48. The van der Waals surface area contributed by atoms with E-state index in [-0.39, 0.29) is 5.91 Å². The number of rotatable bonds is 6. The molecular formula is C14H28N2O3. The third-order valence-corrected chi connectivity index (χ3v) is 2.26. The SMILES string of the molecule is CCCNC(=O)C(CC(C)C)NC(=O)OC(C)(C)C. The Balaban J connectivity index is 4.50. The summed E-state index contributed by atoms with van der Waals surface area (Å²) in [5, 5.41) is 5.44. The molecule has 0 fully saturated rings. The largest absolute Gasteiger partial charge is 0.444 e. The van der Waals surface area contributed by atoms with Crippen molar-refractivity contribution in [2.24, 2.45) is 5.92 Å². The highest BCUT2D eigenvalue weighted by molar-refractivity contribution is 5.85. The van der Waals surface area contributed by atoms with Crippen molar-refractivity contribution in [1.82, 2.24) is 10.6 Å². The van der Waals surface area contributed by atoms with E-state index in [1.54, 1.807) is 20.8 Å². The normalized spacial score (nSPS) is 13.0. The molecular weight excluding hydrogens is 244 g/mol. The highest BCUT2D eigenvalue weighted by atomic mass is 16.6. The molecule has 1 unspecified atom stereocenters. The van der Waals surface area contributed by atoms with E-state index in [1.807, 2.05) is 20.8 Å². The minimum atomic E-state index is -0.563. The Labute approximate surface area is 116 Å².